The van der Waals surface area contributed by atoms with Gasteiger partial charge < -0.3 is 0 Å². The van der Waals surface area contributed by atoms with Gasteiger partial charge in [0.15, 0.2) is 4.96 Å². The van der Waals surface area contributed by atoms with Gasteiger partial charge in [-0.15, -0.1) is 21.5 Å². The van der Waals surface area contributed by atoms with Gasteiger partial charge >= 0.3 is 0 Å². The molecule has 25 heavy (non-hydrogen) atoms. The van der Waals surface area contributed by atoms with Crippen LogP contribution in [0.1, 0.15) is 31.0 Å². The highest BCUT2D eigenvalue weighted by Crippen LogP contribution is 2.19. The molecular formula is C17H16N6OS. The smallest absolute Gasteiger partial charge is 0.258 e. The third-order valence-electron chi connectivity index (χ3n) is 3.95. The molecular weight excluding hydrogens is 336 g/mol. The Balaban J connectivity index is 1.59. The summed E-state index contributed by atoms with van der Waals surface area (Å²) in [5.74, 6) is 1.04. The first-order valence-corrected chi connectivity index (χ1v) is 8.82. The van der Waals surface area contributed by atoms with Crippen LogP contribution in [0.3, 0.4) is 0 Å². The van der Waals surface area contributed by atoms with E-state index in [1.807, 2.05) is 17.5 Å². The number of rotatable bonds is 4. The van der Waals surface area contributed by atoms with Gasteiger partial charge in [0.1, 0.15) is 6.54 Å². The lowest BCUT2D eigenvalue weighted by Crippen LogP contribution is -2.15. The van der Waals surface area contributed by atoms with Gasteiger partial charge in [-0.3, -0.25) is 9.20 Å². The van der Waals surface area contributed by atoms with Crippen LogP contribution in [0.25, 0.3) is 16.3 Å². The summed E-state index contributed by atoms with van der Waals surface area (Å²) < 4.78 is 1.52. The van der Waals surface area contributed by atoms with Gasteiger partial charge in [-0.1, -0.05) is 38.1 Å². The summed E-state index contributed by atoms with van der Waals surface area (Å²) in [6.07, 6.45) is 1.71. The first-order chi connectivity index (χ1) is 12.1. The van der Waals surface area contributed by atoms with Crippen molar-refractivity contribution in [1.29, 1.82) is 0 Å². The van der Waals surface area contributed by atoms with Crippen molar-refractivity contribution in [3.8, 4) is 11.4 Å². The molecule has 3 aromatic heterocycles. The summed E-state index contributed by atoms with van der Waals surface area (Å²) in [5.41, 5.74) is 2.69. The summed E-state index contributed by atoms with van der Waals surface area (Å²) >= 11 is 1.42. The van der Waals surface area contributed by atoms with E-state index in [0.717, 1.165) is 5.56 Å². The van der Waals surface area contributed by atoms with Gasteiger partial charge in [-0.2, -0.15) is 4.80 Å². The fraction of sp³-hybridized carbons (Fsp3) is 0.235. The second-order valence-electron chi connectivity index (χ2n) is 6.06. The second kappa shape index (κ2) is 6.21. The average molecular weight is 352 g/mol. The van der Waals surface area contributed by atoms with Gasteiger partial charge in [-0.05, 0) is 16.7 Å². The second-order valence-corrected chi connectivity index (χ2v) is 6.93. The van der Waals surface area contributed by atoms with Crippen molar-refractivity contribution in [1.82, 2.24) is 29.6 Å². The minimum atomic E-state index is -0.106. The van der Waals surface area contributed by atoms with Crippen LogP contribution in [0.5, 0.6) is 0 Å². The zero-order chi connectivity index (χ0) is 17.4. The van der Waals surface area contributed by atoms with Crippen LogP contribution >= 0.6 is 11.3 Å². The van der Waals surface area contributed by atoms with Crippen LogP contribution < -0.4 is 5.56 Å². The molecule has 0 unspecified atom stereocenters. The molecule has 0 aliphatic rings. The Morgan fingerprint density at radius 2 is 2.00 bits per heavy atom. The quantitative estimate of drug-likeness (QED) is 0.564. The molecule has 0 saturated carbocycles. The van der Waals surface area contributed by atoms with E-state index in [1.165, 1.54) is 32.2 Å². The van der Waals surface area contributed by atoms with Crippen molar-refractivity contribution in [2.24, 2.45) is 0 Å². The van der Waals surface area contributed by atoms with Gasteiger partial charge in [0.05, 0.1) is 5.69 Å². The summed E-state index contributed by atoms with van der Waals surface area (Å²) in [6.45, 7) is 4.62. The van der Waals surface area contributed by atoms with E-state index in [1.54, 1.807) is 6.20 Å². The molecule has 0 N–H and O–H groups in total. The normalized spacial score (nSPS) is 11.5. The largest absolute Gasteiger partial charge is 0.269 e. The Labute approximate surface area is 147 Å². The third-order valence-corrected chi connectivity index (χ3v) is 4.70. The molecule has 0 atom stereocenters. The molecule has 0 aliphatic heterocycles. The minimum Gasteiger partial charge on any atom is -0.269 e. The number of nitrogens with zero attached hydrogens (tertiary/aromatic N) is 6. The van der Waals surface area contributed by atoms with E-state index < -0.39 is 0 Å². The van der Waals surface area contributed by atoms with Crippen molar-refractivity contribution < 1.29 is 0 Å². The predicted octanol–water partition coefficient (Wildman–Crippen LogP) is 2.58. The van der Waals surface area contributed by atoms with Crippen molar-refractivity contribution in [3.63, 3.8) is 0 Å². The maximum absolute atomic E-state index is 12.0. The van der Waals surface area contributed by atoms with E-state index in [4.69, 9.17) is 0 Å². The summed E-state index contributed by atoms with van der Waals surface area (Å²) in [4.78, 5) is 18.6. The van der Waals surface area contributed by atoms with Crippen molar-refractivity contribution in [2.45, 2.75) is 26.3 Å². The molecule has 1 aromatic carbocycles. The predicted molar refractivity (Wildman–Crippen MR) is 95.8 cm³/mol. The summed E-state index contributed by atoms with van der Waals surface area (Å²) in [5, 5.41) is 14.4. The Kier molecular flexibility index (Phi) is 3.89. The number of hydrogen-bond donors (Lipinski definition) is 0. The molecule has 4 aromatic rings. The number of fused-ring (bicyclic) bond motifs is 1. The summed E-state index contributed by atoms with van der Waals surface area (Å²) in [7, 11) is 0. The van der Waals surface area contributed by atoms with Crippen molar-refractivity contribution in [2.75, 3.05) is 0 Å². The van der Waals surface area contributed by atoms with Gasteiger partial charge in [0.2, 0.25) is 5.82 Å². The molecule has 4 rings (SSSR count). The van der Waals surface area contributed by atoms with E-state index in [9.17, 15) is 4.79 Å². The highest BCUT2D eigenvalue weighted by atomic mass is 32.1. The minimum absolute atomic E-state index is 0.106. The lowest BCUT2D eigenvalue weighted by molar-refractivity contribution is 0.564. The first kappa shape index (κ1) is 15.6. The molecule has 0 aliphatic carbocycles. The maximum atomic E-state index is 12.0. The average Bonchev–Trinajstić information content (AvgIpc) is 3.24. The highest BCUT2D eigenvalue weighted by Gasteiger charge is 2.09. The molecule has 8 heteroatoms. The topological polar surface area (TPSA) is 78.0 Å². The lowest BCUT2D eigenvalue weighted by atomic mass is 10.0. The monoisotopic (exact) mass is 352 g/mol. The molecule has 0 bridgehead atoms. The number of tetrazole rings is 1. The fourth-order valence-electron chi connectivity index (χ4n) is 2.56. The van der Waals surface area contributed by atoms with Crippen LogP contribution in [-0.2, 0) is 6.54 Å². The van der Waals surface area contributed by atoms with Gasteiger partial charge in [-0.25, -0.2) is 4.98 Å². The molecule has 0 spiro atoms. The van der Waals surface area contributed by atoms with E-state index in [-0.39, 0.29) is 5.56 Å². The Hall–Kier alpha value is -2.87. The molecule has 0 fully saturated rings. The van der Waals surface area contributed by atoms with Gasteiger partial charge in [0.25, 0.3) is 5.56 Å². The van der Waals surface area contributed by atoms with Crippen LogP contribution in [0, 0.1) is 0 Å². The highest BCUT2D eigenvalue weighted by molar-refractivity contribution is 7.15. The number of benzene rings is 1. The van der Waals surface area contributed by atoms with Crippen molar-refractivity contribution >= 4 is 16.3 Å². The van der Waals surface area contributed by atoms with Crippen LogP contribution in [0.4, 0.5) is 0 Å². The van der Waals surface area contributed by atoms with Gasteiger partial charge in [0, 0.05) is 23.2 Å². The SMILES string of the molecule is CC(C)c1ccc(-c2nnn(Cc3cc(=O)n4ccsc4n3)n2)cc1. The lowest BCUT2D eigenvalue weighted by Gasteiger charge is -2.04. The number of aromatic nitrogens is 6. The Bertz CT molecular complexity index is 1080. The van der Waals surface area contributed by atoms with Crippen LogP contribution in [0.15, 0.2) is 46.7 Å². The zero-order valence-electron chi connectivity index (χ0n) is 13.8. The van der Waals surface area contributed by atoms with E-state index in [0.29, 0.717) is 28.9 Å². The summed E-state index contributed by atoms with van der Waals surface area (Å²) in [6, 6.07) is 9.65. The van der Waals surface area contributed by atoms with Crippen LogP contribution in [-0.4, -0.2) is 29.6 Å². The number of hydrogen-bond acceptors (Lipinski definition) is 6. The molecule has 126 valence electrons. The molecule has 3 heterocycles. The standard InChI is InChI=1S/C17H16N6OS/c1-11(2)12-3-5-13(6-4-12)16-19-21-23(20-16)10-14-9-15(24)22-7-8-25-17(22)18-14/h3-9,11H,10H2,1-2H3. The first-order valence-electron chi connectivity index (χ1n) is 7.94. The van der Waals surface area contributed by atoms with E-state index >= 15 is 0 Å². The third kappa shape index (κ3) is 3.08. The van der Waals surface area contributed by atoms with Crippen molar-refractivity contribution in [3.05, 3.63) is 63.5 Å². The molecule has 0 radical (unpaired) electrons. The molecule has 7 nitrogen and oxygen atoms in total. The molecule has 0 saturated heterocycles. The Morgan fingerprint density at radius 1 is 1.20 bits per heavy atom. The fourth-order valence-corrected chi connectivity index (χ4v) is 3.30. The Morgan fingerprint density at radius 3 is 2.76 bits per heavy atom. The maximum Gasteiger partial charge on any atom is 0.258 e. The zero-order valence-corrected chi connectivity index (χ0v) is 14.6. The van der Waals surface area contributed by atoms with Crippen LogP contribution in [0.2, 0.25) is 0 Å². The van der Waals surface area contributed by atoms with E-state index in [2.05, 4.69) is 46.4 Å². The molecule has 0 amide bonds. The number of thiazole rings is 1.